The number of anilines is 1. The Hall–Kier alpha value is -3.13. The van der Waals surface area contributed by atoms with Crippen LogP contribution in [0.25, 0.3) is 5.65 Å². The summed E-state index contributed by atoms with van der Waals surface area (Å²) in [6.07, 6.45) is 3.47. The highest BCUT2D eigenvalue weighted by atomic mass is 16.5. The van der Waals surface area contributed by atoms with Crippen LogP contribution in [0.4, 0.5) is 5.69 Å². The van der Waals surface area contributed by atoms with Crippen molar-refractivity contribution < 1.29 is 9.53 Å². The average molecular weight is 438 g/mol. The molecule has 0 spiro atoms. The highest BCUT2D eigenvalue weighted by Gasteiger charge is 2.34. The molecule has 8 heteroatoms. The van der Waals surface area contributed by atoms with Crippen molar-refractivity contribution >= 4 is 17.3 Å². The van der Waals surface area contributed by atoms with Gasteiger partial charge in [0.25, 0.3) is 5.56 Å². The molecule has 1 saturated heterocycles. The van der Waals surface area contributed by atoms with Crippen molar-refractivity contribution in [2.24, 2.45) is 0 Å². The maximum atomic E-state index is 12.4. The number of H-pyrrole nitrogens is 1. The molecular weight excluding hydrogens is 406 g/mol. The lowest BCUT2D eigenvalue weighted by atomic mass is 10.0. The molecule has 0 amide bonds. The molecule has 2 atom stereocenters. The van der Waals surface area contributed by atoms with Crippen LogP contribution >= 0.6 is 0 Å². The number of nitrogens with one attached hydrogen (secondary N) is 1. The molecule has 32 heavy (non-hydrogen) atoms. The second-order valence-corrected chi connectivity index (χ2v) is 8.24. The number of ether oxygens (including phenoxy) is 1. The minimum Gasteiger partial charge on any atom is -0.461 e. The second kappa shape index (κ2) is 9.56. The summed E-state index contributed by atoms with van der Waals surface area (Å²) in [5.74, 6) is -0.492. The average Bonchev–Trinajstić information content (AvgIpc) is 3.23. The van der Waals surface area contributed by atoms with Gasteiger partial charge in [0.05, 0.1) is 18.5 Å². The Morgan fingerprint density at radius 3 is 2.56 bits per heavy atom. The molecule has 3 aromatic rings. The van der Waals surface area contributed by atoms with E-state index in [0.29, 0.717) is 11.7 Å². The standard InChI is InChI=1S/C24H31N5O3/c1-4-18-15-28(19(5-2)14-27(18)13-17-10-8-7-9-11-17)21-12-22(30)26-29-16-20(25-23(21)29)24(31)32-6-3/h7-12,16,18-19H,4-6,13-15H2,1-3H3,(H,26,30)/t18-,19+/m1/s1. The van der Waals surface area contributed by atoms with E-state index in [1.807, 2.05) is 6.07 Å². The van der Waals surface area contributed by atoms with Crippen LogP contribution in [-0.2, 0) is 11.3 Å². The summed E-state index contributed by atoms with van der Waals surface area (Å²) in [6.45, 7) is 9.00. The lowest BCUT2D eigenvalue weighted by molar-refractivity contribution is 0.0520. The molecule has 3 heterocycles. The monoisotopic (exact) mass is 437 g/mol. The first-order valence-electron chi connectivity index (χ1n) is 11.4. The molecule has 1 aromatic carbocycles. The van der Waals surface area contributed by atoms with E-state index in [-0.39, 0.29) is 23.9 Å². The van der Waals surface area contributed by atoms with E-state index in [0.717, 1.165) is 38.2 Å². The Bertz CT molecular complexity index is 1120. The first-order chi connectivity index (χ1) is 15.5. The van der Waals surface area contributed by atoms with Gasteiger partial charge in [-0.15, -0.1) is 0 Å². The van der Waals surface area contributed by atoms with Crippen molar-refractivity contribution in [3.8, 4) is 0 Å². The van der Waals surface area contributed by atoms with Crippen molar-refractivity contribution in [3.63, 3.8) is 0 Å². The Labute approximate surface area is 187 Å². The number of piperazine rings is 1. The molecular formula is C24H31N5O3. The fourth-order valence-corrected chi connectivity index (χ4v) is 4.55. The number of esters is 1. The fourth-order valence-electron chi connectivity index (χ4n) is 4.55. The van der Waals surface area contributed by atoms with Crippen molar-refractivity contribution in [1.29, 1.82) is 0 Å². The third-order valence-electron chi connectivity index (χ3n) is 6.21. The third-order valence-corrected chi connectivity index (χ3v) is 6.21. The van der Waals surface area contributed by atoms with E-state index in [4.69, 9.17) is 4.74 Å². The van der Waals surface area contributed by atoms with Crippen molar-refractivity contribution in [2.75, 3.05) is 24.6 Å². The van der Waals surface area contributed by atoms with Gasteiger partial charge in [-0.05, 0) is 25.3 Å². The lowest BCUT2D eigenvalue weighted by Crippen LogP contribution is -2.58. The van der Waals surface area contributed by atoms with E-state index < -0.39 is 5.97 Å². The van der Waals surface area contributed by atoms with Crippen LogP contribution in [0.3, 0.4) is 0 Å². The number of nitrogens with zero attached hydrogens (tertiary/aromatic N) is 4. The number of carbonyl (C=O) groups excluding carboxylic acids is 1. The largest absolute Gasteiger partial charge is 0.461 e. The zero-order chi connectivity index (χ0) is 22.7. The zero-order valence-electron chi connectivity index (χ0n) is 19.0. The van der Waals surface area contributed by atoms with Crippen LogP contribution in [-0.4, -0.2) is 57.2 Å². The van der Waals surface area contributed by atoms with Crippen LogP contribution in [0.5, 0.6) is 0 Å². The Balaban J connectivity index is 1.68. The van der Waals surface area contributed by atoms with Gasteiger partial charge in [-0.25, -0.2) is 14.3 Å². The predicted octanol–water partition coefficient (Wildman–Crippen LogP) is 3.08. The van der Waals surface area contributed by atoms with Gasteiger partial charge < -0.3 is 9.64 Å². The van der Waals surface area contributed by atoms with Crippen molar-refractivity contribution in [1.82, 2.24) is 19.5 Å². The molecule has 8 nitrogen and oxygen atoms in total. The smallest absolute Gasteiger partial charge is 0.358 e. The molecule has 170 valence electrons. The van der Waals surface area contributed by atoms with Crippen molar-refractivity contribution in [3.05, 3.63) is 64.2 Å². The van der Waals surface area contributed by atoms with Crippen LogP contribution in [0.15, 0.2) is 47.4 Å². The van der Waals surface area contributed by atoms with E-state index in [1.165, 1.54) is 16.3 Å². The van der Waals surface area contributed by atoms with Gasteiger partial charge in [0.15, 0.2) is 11.3 Å². The van der Waals surface area contributed by atoms with Gasteiger partial charge in [-0.2, -0.15) is 0 Å². The molecule has 1 aliphatic heterocycles. The van der Waals surface area contributed by atoms with Gasteiger partial charge >= 0.3 is 5.97 Å². The summed E-state index contributed by atoms with van der Waals surface area (Å²) >= 11 is 0. The highest BCUT2D eigenvalue weighted by Crippen LogP contribution is 2.29. The van der Waals surface area contributed by atoms with Crippen LogP contribution in [0.2, 0.25) is 0 Å². The maximum absolute atomic E-state index is 12.4. The van der Waals surface area contributed by atoms with E-state index >= 15 is 0 Å². The number of aromatic nitrogens is 3. The molecule has 0 unspecified atom stereocenters. The highest BCUT2D eigenvalue weighted by molar-refractivity contribution is 5.89. The SMILES string of the molecule is CCOC(=O)c1cn2[nH]c(=O)cc(N3C[C@@H](CC)N(Cc4ccccc4)C[C@@H]3CC)c2n1. The Morgan fingerprint density at radius 2 is 1.88 bits per heavy atom. The normalized spacial score (nSPS) is 19.4. The van der Waals surface area contributed by atoms with E-state index in [2.05, 4.69) is 58.0 Å². The van der Waals surface area contributed by atoms with Gasteiger partial charge in [0, 0.05) is 37.8 Å². The summed E-state index contributed by atoms with van der Waals surface area (Å²) in [5, 5.41) is 2.74. The van der Waals surface area contributed by atoms with Gasteiger partial charge in [-0.1, -0.05) is 44.2 Å². The Kier molecular flexibility index (Phi) is 6.60. The number of imidazole rings is 1. The first kappa shape index (κ1) is 22.1. The third kappa shape index (κ3) is 4.41. The maximum Gasteiger partial charge on any atom is 0.358 e. The van der Waals surface area contributed by atoms with Crippen LogP contribution in [0, 0.1) is 0 Å². The molecule has 4 rings (SSSR count). The summed E-state index contributed by atoms with van der Waals surface area (Å²) in [7, 11) is 0. The Morgan fingerprint density at radius 1 is 1.12 bits per heavy atom. The molecule has 0 radical (unpaired) electrons. The quantitative estimate of drug-likeness (QED) is 0.572. The lowest BCUT2D eigenvalue weighted by Gasteiger charge is -2.47. The summed E-state index contributed by atoms with van der Waals surface area (Å²) in [6, 6.07) is 12.7. The summed E-state index contributed by atoms with van der Waals surface area (Å²) < 4.78 is 6.63. The number of benzene rings is 1. The van der Waals surface area contributed by atoms with Crippen LogP contribution < -0.4 is 10.5 Å². The molecule has 1 N–H and O–H groups in total. The first-order valence-corrected chi connectivity index (χ1v) is 11.4. The summed E-state index contributed by atoms with van der Waals surface area (Å²) in [5.41, 5.74) is 2.60. The summed E-state index contributed by atoms with van der Waals surface area (Å²) in [4.78, 5) is 34.0. The number of hydrogen-bond acceptors (Lipinski definition) is 6. The molecule has 1 aliphatic rings. The molecule has 0 aliphatic carbocycles. The number of rotatable bonds is 7. The minimum absolute atomic E-state index is 0.192. The van der Waals surface area contributed by atoms with Gasteiger partial charge in [0.1, 0.15) is 0 Å². The number of fused-ring (bicyclic) bond motifs is 1. The predicted molar refractivity (Wildman–Crippen MR) is 124 cm³/mol. The second-order valence-electron chi connectivity index (χ2n) is 8.24. The molecule has 1 fully saturated rings. The molecule has 2 aromatic heterocycles. The fraction of sp³-hybridized carbons (Fsp3) is 0.458. The van der Waals surface area contributed by atoms with Crippen molar-refractivity contribution in [2.45, 2.75) is 52.2 Å². The molecule has 0 bridgehead atoms. The zero-order valence-corrected chi connectivity index (χ0v) is 19.0. The molecule has 0 saturated carbocycles. The van der Waals surface area contributed by atoms with E-state index in [1.54, 1.807) is 13.0 Å². The number of carbonyl (C=O) groups is 1. The van der Waals surface area contributed by atoms with E-state index in [9.17, 15) is 9.59 Å². The van der Waals surface area contributed by atoms with Gasteiger partial charge in [0.2, 0.25) is 0 Å². The minimum atomic E-state index is -0.492. The number of aromatic amines is 1. The topological polar surface area (TPSA) is 82.9 Å². The number of hydrogen-bond donors (Lipinski definition) is 1. The van der Waals surface area contributed by atoms with Crippen LogP contribution in [0.1, 0.15) is 49.7 Å². The van der Waals surface area contributed by atoms with Gasteiger partial charge in [-0.3, -0.25) is 14.8 Å².